The first kappa shape index (κ1) is 16.5. The lowest BCUT2D eigenvalue weighted by Gasteiger charge is -2.21. The second-order valence-electron chi connectivity index (χ2n) is 6.01. The number of aliphatic hydroxyl groups is 1. The van der Waals surface area contributed by atoms with Crippen LogP contribution in [0.3, 0.4) is 0 Å². The van der Waals surface area contributed by atoms with E-state index in [1.54, 1.807) is 13.8 Å². The molecule has 0 radical (unpaired) electrons. The number of rotatable bonds is 5. The maximum Gasteiger partial charge on any atom is 0.244 e. The third-order valence-corrected chi connectivity index (χ3v) is 6.49. The van der Waals surface area contributed by atoms with Crippen molar-refractivity contribution in [2.75, 3.05) is 0 Å². The predicted molar refractivity (Wildman–Crippen MR) is 80.4 cm³/mol. The highest BCUT2D eigenvalue weighted by molar-refractivity contribution is 7.89. The molecule has 2 rings (SSSR count). The highest BCUT2D eigenvalue weighted by Gasteiger charge is 2.36. The quantitative estimate of drug-likeness (QED) is 0.875. The van der Waals surface area contributed by atoms with Crippen LogP contribution in [0.15, 0.2) is 9.31 Å². The van der Waals surface area contributed by atoms with Crippen LogP contribution in [-0.4, -0.2) is 19.6 Å². The molecule has 0 spiro atoms. The van der Waals surface area contributed by atoms with E-state index in [4.69, 9.17) is 4.42 Å². The third kappa shape index (κ3) is 3.03. The Balaban J connectivity index is 2.28. The van der Waals surface area contributed by atoms with Crippen LogP contribution in [0.4, 0.5) is 0 Å². The molecule has 5 nitrogen and oxygen atoms in total. The molecule has 1 aromatic heterocycles. The van der Waals surface area contributed by atoms with Crippen molar-refractivity contribution in [2.24, 2.45) is 11.8 Å². The molecule has 2 N–H and O–H groups in total. The molecule has 0 amide bonds. The van der Waals surface area contributed by atoms with E-state index in [9.17, 15) is 13.5 Å². The van der Waals surface area contributed by atoms with Crippen molar-refractivity contribution in [3.05, 3.63) is 17.1 Å². The Hall–Kier alpha value is -0.850. The van der Waals surface area contributed by atoms with Crippen molar-refractivity contribution in [3.63, 3.8) is 0 Å². The summed E-state index contributed by atoms with van der Waals surface area (Å²) in [5, 5.41) is 9.42. The Labute approximate surface area is 126 Å². The Morgan fingerprint density at radius 3 is 2.48 bits per heavy atom. The van der Waals surface area contributed by atoms with E-state index in [1.165, 1.54) is 0 Å². The Morgan fingerprint density at radius 1 is 1.29 bits per heavy atom. The lowest BCUT2D eigenvalue weighted by Crippen LogP contribution is -2.38. The summed E-state index contributed by atoms with van der Waals surface area (Å²) < 4.78 is 33.5. The molecule has 1 aliphatic rings. The van der Waals surface area contributed by atoms with Crippen LogP contribution in [0.5, 0.6) is 0 Å². The fourth-order valence-electron chi connectivity index (χ4n) is 3.49. The standard InChI is InChI=1S/C15H25NO4S/c1-5-12-6-7-14(9(12)2)16-21(18,19)15-11(4)20-10(3)13(15)8-17/h9,12,14,16-17H,5-8H2,1-4H3. The summed E-state index contributed by atoms with van der Waals surface area (Å²) in [6.07, 6.45) is 3.00. The zero-order valence-electron chi connectivity index (χ0n) is 13.1. The Kier molecular flexibility index (Phi) is 4.80. The number of hydrogen-bond donors (Lipinski definition) is 2. The van der Waals surface area contributed by atoms with E-state index in [2.05, 4.69) is 18.6 Å². The Bertz CT molecular complexity index is 605. The fraction of sp³-hybridized carbons (Fsp3) is 0.733. The molecule has 1 heterocycles. The highest BCUT2D eigenvalue weighted by Crippen LogP contribution is 2.35. The van der Waals surface area contributed by atoms with Gasteiger partial charge in [0.15, 0.2) is 0 Å². The van der Waals surface area contributed by atoms with Crippen LogP contribution in [0.25, 0.3) is 0 Å². The second-order valence-corrected chi connectivity index (χ2v) is 7.66. The Morgan fingerprint density at radius 2 is 1.95 bits per heavy atom. The van der Waals surface area contributed by atoms with Crippen LogP contribution in [0.2, 0.25) is 0 Å². The van der Waals surface area contributed by atoms with Crippen LogP contribution in [-0.2, 0) is 16.6 Å². The van der Waals surface area contributed by atoms with Gasteiger partial charge in [-0.15, -0.1) is 0 Å². The lowest BCUT2D eigenvalue weighted by molar-refractivity contribution is 0.276. The first-order valence-corrected chi connectivity index (χ1v) is 9.02. The summed E-state index contributed by atoms with van der Waals surface area (Å²) in [6.45, 7) is 7.20. The smallest absolute Gasteiger partial charge is 0.244 e. The molecule has 1 aromatic rings. The fourth-order valence-corrected chi connectivity index (χ4v) is 5.29. The molecule has 0 saturated heterocycles. The largest absolute Gasteiger partial charge is 0.465 e. The van der Waals surface area contributed by atoms with Crippen molar-refractivity contribution < 1.29 is 17.9 Å². The molecule has 0 bridgehead atoms. The molecule has 1 aliphatic carbocycles. The van der Waals surface area contributed by atoms with Crippen LogP contribution >= 0.6 is 0 Å². The van der Waals surface area contributed by atoms with Gasteiger partial charge < -0.3 is 9.52 Å². The summed E-state index contributed by atoms with van der Waals surface area (Å²) in [5.41, 5.74) is 0.359. The van der Waals surface area contributed by atoms with E-state index >= 15 is 0 Å². The van der Waals surface area contributed by atoms with Gasteiger partial charge in [0, 0.05) is 11.6 Å². The molecular formula is C15H25NO4S. The van der Waals surface area contributed by atoms with Crippen molar-refractivity contribution >= 4 is 10.0 Å². The minimum atomic E-state index is -3.66. The van der Waals surface area contributed by atoms with E-state index in [0.717, 1.165) is 19.3 Å². The maximum absolute atomic E-state index is 12.7. The van der Waals surface area contributed by atoms with Gasteiger partial charge >= 0.3 is 0 Å². The van der Waals surface area contributed by atoms with Gasteiger partial charge in [0.05, 0.1) is 6.61 Å². The highest BCUT2D eigenvalue weighted by atomic mass is 32.2. The van der Waals surface area contributed by atoms with Gasteiger partial charge in [-0.1, -0.05) is 20.3 Å². The summed E-state index contributed by atoms with van der Waals surface area (Å²) in [5.74, 6) is 1.70. The van der Waals surface area contributed by atoms with Gasteiger partial charge in [-0.05, 0) is 38.5 Å². The average molecular weight is 315 g/mol. The number of aryl methyl sites for hydroxylation is 2. The molecule has 3 atom stereocenters. The van der Waals surface area contributed by atoms with Gasteiger partial charge in [-0.3, -0.25) is 0 Å². The van der Waals surface area contributed by atoms with Crippen LogP contribution in [0, 0.1) is 25.7 Å². The first-order chi connectivity index (χ1) is 9.81. The molecule has 21 heavy (non-hydrogen) atoms. The SMILES string of the molecule is CCC1CCC(NS(=O)(=O)c2c(C)oc(C)c2CO)C1C. The minimum absolute atomic E-state index is 0.0406. The average Bonchev–Trinajstić information content (AvgIpc) is 2.89. The predicted octanol–water partition coefficient (Wildman–Crippen LogP) is 2.49. The molecule has 0 aromatic carbocycles. The summed E-state index contributed by atoms with van der Waals surface area (Å²) in [6, 6.07) is -0.0406. The summed E-state index contributed by atoms with van der Waals surface area (Å²) in [4.78, 5) is 0.106. The normalized spacial score (nSPS) is 26.4. The van der Waals surface area contributed by atoms with Gasteiger partial charge in [-0.25, -0.2) is 13.1 Å². The lowest BCUT2D eigenvalue weighted by atomic mass is 9.94. The maximum atomic E-state index is 12.7. The van der Waals surface area contributed by atoms with E-state index in [1.807, 2.05) is 0 Å². The summed E-state index contributed by atoms with van der Waals surface area (Å²) in [7, 11) is -3.66. The van der Waals surface area contributed by atoms with Gasteiger partial charge in [0.25, 0.3) is 0 Å². The van der Waals surface area contributed by atoms with Gasteiger partial charge in [-0.2, -0.15) is 0 Å². The minimum Gasteiger partial charge on any atom is -0.465 e. The zero-order valence-corrected chi connectivity index (χ0v) is 14.0. The van der Waals surface area contributed by atoms with Crippen molar-refractivity contribution in [1.29, 1.82) is 0 Å². The second kappa shape index (κ2) is 6.10. The molecule has 0 aliphatic heterocycles. The number of sulfonamides is 1. The van der Waals surface area contributed by atoms with Crippen molar-refractivity contribution in [1.82, 2.24) is 4.72 Å². The molecule has 1 saturated carbocycles. The number of hydrogen-bond acceptors (Lipinski definition) is 4. The van der Waals surface area contributed by atoms with E-state index in [0.29, 0.717) is 28.9 Å². The van der Waals surface area contributed by atoms with Crippen molar-refractivity contribution in [3.8, 4) is 0 Å². The molecule has 120 valence electrons. The molecule has 1 fully saturated rings. The molecular weight excluding hydrogens is 290 g/mol. The number of furan rings is 1. The third-order valence-electron chi connectivity index (χ3n) is 4.81. The monoisotopic (exact) mass is 315 g/mol. The van der Waals surface area contributed by atoms with Crippen LogP contribution in [0.1, 0.15) is 50.2 Å². The van der Waals surface area contributed by atoms with E-state index in [-0.39, 0.29) is 17.5 Å². The van der Waals surface area contributed by atoms with Crippen LogP contribution < -0.4 is 4.72 Å². The molecule has 6 heteroatoms. The zero-order chi connectivity index (χ0) is 15.8. The number of aliphatic hydroxyl groups excluding tert-OH is 1. The van der Waals surface area contributed by atoms with Gasteiger partial charge in [0.2, 0.25) is 10.0 Å². The summed E-state index contributed by atoms with van der Waals surface area (Å²) >= 11 is 0. The first-order valence-electron chi connectivity index (χ1n) is 7.53. The van der Waals surface area contributed by atoms with Crippen molar-refractivity contribution in [2.45, 2.75) is 64.5 Å². The molecule has 3 unspecified atom stereocenters. The van der Waals surface area contributed by atoms with Gasteiger partial charge in [0.1, 0.15) is 16.4 Å². The number of nitrogens with one attached hydrogen (secondary N) is 1. The van der Waals surface area contributed by atoms with E-state index < -0.39 is 10.0 Å². The topological polar surface area (TPSA) is 79.5 Å².